The Morgan fingerprint density at radius 2 is 1.89 bits per heavy atom. The van der Waals surface area contributed by atoms with Gasteiger partial charge in [-0.3, -0.25) is 4.79 Å². The molecule has 1 amide bonds. The smallest absolute Gasteiger partial charge is 0.246 e. The number of tetrazole rings is 1. The molecule has 2 atom stereocenters. The Hall–Kier alpha value is -3.99. The first-order chi connectivity index (χ1) is 18.2. The minimum atomic E-state index is -1.45. The average molecular weight is 523 g/mol. The molecule has 200 valence electrons. The predicted octanol–water partition coefficient (Wildman–Crippen LogP) is 3.64. The summed E-state index contributed by atoms with van der Waals surface area (Å²) in [6, 6.07) is 15.3. The molecule has 0 saturated carbocycles. The van der Waals surface area contributed by atoms with Crippen molar-refractivity contribution in [1.29, 1.82) is 0 Å². The van der Waals surface area contributed by atoms with Crippen molar-refractivity contribution in [3.63, 3.8) is 0 Å². The summed E-state index contributed by atoms with van der Waals surface area (Å²) >= 11 is 0. The molecule has 2 aromatic heterocycles. The summed E-state index contributed by atoms with van der Waals surface area (Å²) in [5, 5.41) is 11.4. The van der Waals surface area contributed by atoms with Crippen molar-refractivity contribution in [3.8, 4) is 11.3 Å². The van der Waals surface area contributed by atoms with Gasteiger partial charge in [0, 0.05) is 24.8 Å². The van der Waals surface area contributed by atoms with Crippen molar-refractivity contribution in [2.24, 2.45) is 11.1 Å². The minimum Gasteiger partial charge on any atom is -0.328 e. The topological polar surface area (TPSA) is 108 Å². The Morgan fingerprint density at radius 3 is 2.53 bits per heavy atom. The number of aromatic nitrogens is 6. The summed E-state index contributed by atoms with van der Waals surface area (Å²) in [6.45, 7) is 5.64. The van der Waals surface area contributed by atoms with Gasteiger partial charge in [-0.1, -0.05) is 63.2 Å². The monoisotopic (exact) mass is 522 g/mol. The molecule has 4 aromatic rings. The molecule has 0 aliphatic rings. The maximum absolute atomic E-state index is 14.8. The molecule has 0 fully saturated rings. The van der Waals surface area contributed by atoms with Gasteiger partial charge in [-0.25, -0.2) is 13.8 Å². The standard InChI is InChI=1S/C27H32F2N8O/c1-27(2,3)25(36(15-22(29)13-30)24(38)17-37-32-18-31-34-37)26-33-23(20-10-7-11-21(28)12-20)16-35(26)14-19-8-5-4-6-9-19/h4-12,16,18,22,25H,13-15,17,30H2,1-3H3/t22-,25-/m0/s1. The Kier molecular flexibility index (Phi) is 8.26. The summed E-state index contributed by atoms with van der Waals surface area (Å²) in [5.41, 5.74) is 7.21. The highest BCUT2D eigenvalue weighted by molar-refractivity contribution is 5.76. The zero-order valence-electron chi connectivity index (χ0n) is 21.7. The molecule has 4 rings (SSSR count). The number of rotatable bonds is 10. The van der Waals surface area contributed by atoms with Crippen molar-refractivity contribution in [2.75, 3.05) is 13.1 Å². The lowest BCUT2D eigenvalue weighted by Crippen LogP contribution is -2.47. The van der Waals surface area contributed by atoms with E-state index in [1.165, 1.54) is 23.4 Å². The Labute approximate surface area is 220 Å². The normalized spacial score (nSPS) is 13.3. The van der Waals surface area contributed by atoms with Gasteiger partial charge < -0.3 is 15.2 Å². The van der Waals surface area contributed by atoms with E-state index < -0.39 is 23.5 Å². The number of halogens is 2. The Balaban J connectivity index is 1.84. The molecule has 0 saturated heterocycles. The highest BCUT2D eigenvalue weighted by atomic mass is 19.1. The molecule has 0 spiro atoms. The van der Waals surface area contributed by atoms with E-state index in [4.69, 9.17) is 10.7 Å². The van der Waals surface area contributed by atoms with Crippen LogP contribution in [0, 0.1) is 11.2 Å². The van der Waals surface area contributed by atoms with Crippen molar-refractivity contribution < 1.29 is 13.6 Å². The third kappa shape index (κ3) is 6.46. The quantitative estimate of drug-likeness (QED) is 0.341. The average Bonchev–Trinajstić information content (AvgIpc) is 3.53. The van der Waals surface area contributed by atoms with Gasteiger partial charge >= 0.3 is 0 Å². The number of amides is 1. The molecule has 0 radical (unpaired) electrons. The lowest BCUT2D eigenvalue weighted by atomic mass is 9.84. The van der Waals surface area contributed by atoms with Gasteiger partial charge in [-0.15, -0.1) is 10.2 Å². The molecule has 0 aliphatic carbocycles. The van der Waals surface area contributed by atoms with Crippen molar-refractivity contribution in [1.82, 2.24) is 34.7 Å². The van der Waals surface area contributed by atoms with Gasteiger partial charge in [0.2, 0.25) is 5.91 Å². The Bertz CT molecular complexity index is 1330. The fraction of sp³-hybridized carbons (Fsp3) is 0.370. The van der Waals surface area contributed by atoms with Crippen LogP contribution in [0.2, 0.25) is 0 Å². The maximum Gasteiger partial charge on any atom is 0.246 e. The summed E-state index contributed by atoms with van der Waals surface area (Å²) in [4.78, 5) is 21.1. The number of carbonyl (C=O) groups excluding carboxylic acids is 1. The molecule has 0 unspecified atom stereocenters. The summed E-state index contributed by atoms with van der Waals surface area (Å²) in [7, 11) is 0. The molecule has 11 heteroatoms. The summed E-state index contributed by atoms with van der Waals surface area (Å²) < 4.78 is 30.8. The molecule has 2 N–H and O–H groups in total. The number of nitrogens with zero attached hydrogens (tertiary/aromatic N) is 7. The zero-order chi connectivity index (χ0) is 27.3. The largest absolute Gasteiger partial charge is 0.328 e. The van der Waals surface area contributed by atoms with Gasteiger partial charge in [0.05, 0.1) is 18.3 Å². The second kappa shape index (κ2) is 11.6. The van der Waals surface area contributed by atoms with Crippen LogP contribution < -0.4 is 5.73 Å². The van der Waals surface area contributed by atoms with Crippen LogP contribution in [-0.4, -0.2) is 59.8 Å². The van der Waals surface area contributed by atoms with Gasteiger partial charge in [0.1, 0.15) is 24.4 Å². The van der Waals surface area contributed by atoms with Crippen LogP contribution in [0.15, 0.2) is 67.1 Å². The predicted molar refractivity (Wildman–Crippen MR) is 139 cm³/mol. The third-order valence-corrected chi connectivity index (χ3v) is 6.14. The van der Waals surface area contributed by atoms with E-state index in [0.717, 1.165) is 10.4 Å². The number of benzene rings is 2. The number of carbonyl (C=O) groups is 1. The minimum absolute atomic E-state index is 0.222. The van der Waals surface area contributed by atoms with E-state index >= 15 is 0 Å². The maximum atomic E-state index is 14.8. The number of imidazole rings is 1. The zero-order valence-corrected chi connectivity index (χ0v) is 21.7. The van der Waals surface area contributed by atoms with E-state index in [1.807, 2.05) is 61.9 Å². The summed E-state index contributed by atoms with van der Waals surface area (Å²) in [6.07, 6.45) is 1.62. The molecule has 38 heavy (non-hydrogen) atoms. The number of hydrogen-bond donors (Lipinski definition) is 1. The molecule has 0 bridgehead atoms. The van der Waals surface area contributed by atoms with Crippen LogP contribution in [0.5, 0.6) is 0 Å². The van der Waals surface area contributed by atoms with Crippen LogP contribution in [0.25, 0.3) is 11.3 Å². The highest BCUT2D eigenvalue weighted by Crippen LogP contribution is 2.39. The van der Waals surface area contributed by atoms with Crippen LogP contribution in [0.3, 0.4) is 0 Å². The van der Waals surface area contributed by atoms with Crippen molar-refractivity contribution >= 4 is 5.91 Å². The van der Waals surface area contributed by atoms with Crippen LogP contribution in [-0.2, 0) is 17.9 Å². The molecule has 2 heterocycles. The summed E-state index contributed by atoms with van der Waals surface area (Å²) in [5.74, 6) is -0.236. The van der Waals surface area contributed by atoms with E-state index in [0.29, 0.717) is 23.6 Å². The first-order valence-electron chi connectivity index (χ1n) is 12.4. The third-order valence-electron chi connectivity index (χ3n) is 6.14. The molecule has 2 aromatic carbocycles. The molecular formula is C27H32F2N8O. The van der Waals surface area contributed by atoms with Gasteiger partial charge in [-0.2, -0.15) is 4.80 Å². The first kappa shape index (κ1) is 27.1. The van der Waals surface area contributed by atoms with Crippen LogP contribution in [0.4, 0.5) is 8.78 Å². The van der Waals surface area contributed by atoms with Crippen LogP contribution in [0.1, 0.15) is 38.2 Å². The second-order valence-corrected chi connectivity index (χ2v) is 10.2. The molecule has 9 nitrogen and oxygen atoms in total. The lowest BCUT2D eigenvalue weighted by molar-refractivity contribution is -0.139. The Morgan fingerprint density at radius 1 is 1.13 bits per heavy atom. The van der Waals surface area contributed by atoms with E-state index in [1.54, 1.807) is 12.1 Å². The van der Waals surface area contributed by atoms with Gasteiger partial charge in [0.15, 0.2) is 6.33 Å². The molecule has 0 aliphatic heterocycles. The number of nitrogens with two attached hydrogens (primary N) is 1. The van der Waals surface area contributed by atoms with Crippen LogP contribution >= 0.6 is 0 Å². The van der Waals surface area contributed by atoms with E-state index in [2.05, 4.69) is 15.4 Å². The number of hydrogen-bond acceptors (Lipinski definition) is 6. The van der Waals surface area contributed by atoms with Crippen molar-refractivity contribution in [3.05, 3.63) is 84.3 Å². The van der Waals surface area contributed by atoms with Gasteiger partial charge in [-0.05, 0) is 28.3 Å². The fourth-order valence-corrected chi connectivity index (χ4v) is 4.45. The van der Waals surface area contributed by atoms with Gasteiger partial charge in [0.25, 0.3) is 0 Å². The van der Waals surface area contributed by atoms with E-state index in [-0.39, 0.29) is 25.5 Å². The highest BCUT2D eigenvalue weighted by Gasteiger charge is 2.39. The number of alkyl halides is 1. The SMILES string of the molecule is CC(C)(C)[C@H](c1nc(-c2cccc(F)c2)cn1Cc1ccccc1)N(C[C@@H](F)CN)C(=O)Cn1ncnn1. The molecular weight excluding hydrogens is 490 g/mol. The lowest BCUT2D eigenvalue weighted by Gasteiger charge is -2.40. The van der Waals surface area contributed by atoms with E-state index in [9.17, 15) is 13.6 Å². The second-order valence-electron chi connectivity index (χ2n) is 10.2. The fourth-order valence-electron chi connectivity index (χ4n) is 4.45. The van der Waals surface area contributed by atoms with Crippen molar-refractivity contribution in [2.45, 2.75) is 46.1 Å². The first-order valence-corrected chi connectivity index (χ1v) is 12.4.